The minimum Gasteiger partial charge on any atom is -0.481 e. The zero-order valence-corrected chi connectivity index (χ0v) is 13.4. The molecule has 0 aromatic carbocycles. The van der Waals surface area contributed by atoms with Crippen molar-refractivity contribution in [3.05, 3.63) is 20.8 Å². The minimum atomic E-state index is -1.26. The number of nitrogens with one attached hydrogen (secondary N) is 2. The first kappa shape index (κ1) is 17.4. The third-order valence-electron chi connectivity index (χ3n) is 2.54. The summed E-state index contributed by atoms with van der Waals surface area (Å²) in [7, 11) is 0. The Morgan fingerprint density at radius 1 is 1.29 bits per heavy atom. The second-order valence-electron chi connectivity index (χ2n) is 4.18. The van der Waals surface area contributed by atoms with Gasteiger partial charge in [-0.05, 0) is 40.9 Å². The molecule has 4 N–H and O–H groups in total. The van der Waals surface area contributed by atoms with Crippen molar-refractivity contribution in [3.8, 4) is 0 Å². The van der Waals surface area contributed by atoms with Gasteiger partial charge in [-0.2, -0.15) is 0 Å². The molecule has 1 rings (SSSR count). The molecular weight excluding hydrogens is 364 g/mol. The number of hydrogen-bond acceptors (Lipinski definition) is 4. The van der Waals surface area contributed by atoms with E-state index in [9.17, 15) is 14.4 Å². The van der Waals surface area contributed by atoms with Crippen LogP contribution < -0.4 is 10.6 Å². The monoisotopic (exact) mass is 378 g/mol. The number of carbonyl (C=O) groups excluding carboxylic acids is 1. The number of carbonyl (C=O) groups is 3. The smallest absolute Gasteiger partial charge is 0.326 e. The van der Waals surface area contributed by atoms with Gasteiger partial charge in [0.2, 0.25) is 0 Å². The summed E-state index contributed by atoms with van der Waals surface area (Å²) in [6.07, 6.45) is 0.160. The topological polar surface area (TPSA) is 116 Å². The Morgan fingerprint density at radius 2 is 2.00 bits per heavy atom. The van der Waals surface area contributed by atoms with Crippen LogP contribution in [-0.2, 0) is 16.0 Å². The van der Waals surface area contributed by atoms with E-state index < -0.39 is 24.0 Å². The number of hydrogen-bond donors (Lipinski definition) is 4. The Hall–Kier alpha value is -1.61. The lowest BCUT2D eigenvalue weighted by molar-refractivity contribution is -0.140. The Labute approximate surface area is 133 Å². The Morgan fingerprint density at radius 3 is 2.52 bits per heavy atom. The lowest BCUT2D eigenvalue weighted by Crippen LogP contribution is -2.46. The van der Waals surface area contributed by atoms with Crippen LogP contribution in [0, 0.1) is 0 Å². The fraction of sp³-hybridized carbons (Fsp3) is 0.417. The lowest BCUT2D eigenvalue weighted by atomic mass is 10.1. The van der Waals surface area contributed by atoms with Gasteiger partial charge in [0.1, 0.15) is 6.04 Å². The summed E-state index contributed by atoms with van der Waals surface area (Å²) in [5, 5.41) is 22.2. The van der Waals surface area contributed by atoms with Gasteiger partial charge in [-0.3, -0.25) is 4.79 Å². The first-order chi connectivity index (χ1) is 9.88. The van der Waals surface area contributed by atoms with Gasteiger partial charge in [-0.15, -0.1) is 11.3 Å². The van der Waals surface area contributed by atoms with E-state index in [-0.39, 0.29) is 12.8 Å². The van der Waals surface area contributed by atoms with E-state index in [0.29, 0.717) is 13.0 Å². The van der Waals surface area contributed by atoms with Gasteiger partial charge in [0.05, 0.1) is 3.79 Å². The molecule has 0 spiro atoms. The van der Waals surface area contributed by atoms with Gasteiger partial charge in [0, 0.05) is 17.8 Å². The van der Waals surface area contributed by atoms with Crippen LogP contribution in [0.1, 0.15) is 17.7 Å². The van der Waals surface area contributed by atoms with E-state index in [0.717, 1.165) is 8.66 Å². The molecule has 0 saturated carbocycles. The maximum absolute atomic E-state index is 11.6. The predicted molar refractivity (Wildman–Crippen MR) is 80.6 cm³/mol. The average molecular weight is 379 g/mol. The van der Waals surface area contributed by atoms with Crippen molar-refractivity contribution in [3.63, 3.8) is 0 Å². The second-order valence-corrected chi connectivity index (χ2v) is 6.73. The maximum atomic E-state index is 11.6. The summed E-state index contributed by atoms with van der Waals surface area (Å²) < 4.78 is 1.00. The molecule has 1 aromatic rings. The molecule has 0 unspecified atom stereocenters. The molecule has 9 heteroatoms. The number of halogens is 1. The van der Waals surface area contributed by atoms with Gasteiger partial charge in [0.25, 0.3) is 0 Å². The molecule has 0 aliphatic carbocycles. The fourth-order valence-electron chi connectivity index (χ4n) is 1.52. The first-order valence-corrected chi connectivity index (χ1v) is 7.72. The van der Waals surface area contributed by atoms with E-state index in [1.807, 2.05) is 12.1 Å². The van der Waals surface area contributed by atoms with Crippen LogP contribution in [0.15, 0.2) is 15.9 Å². The van der Waals surface area contributed by atoms with Gasteiger partial charge in [-0.25, -0.2) is 9.59 Å². The molecule has 1 atom stereocenters. The molecule has 2 amide bonds. The maximum Gasteiger partial charge on any atom is 0.326 e. The Kier molecular flexibility index (Phi) is 7.17. The fourth-order valence-corrected chi connectivity index (χ4v) is 3.00. The third kappa shape index (κ3) is 7.09. The van der Waals surface area contributed by atoms with Crippen LogP contribution >= 0.6 is 27.3 Å². The minimum absolute atomic E-state index is 0.157. The normalized spacial score (nSPS) is 11.7. The molecule has 1 aromatic heterocycles. The van der Waals surface area contributed by atoms with Crippen LogP contribution in [0.4, 0.5) is 4.79 Å². The van der Waals surface area contributed by atoms with Crippen molar-refractivity contribution in [2.75, 3.05) is 6.54 Å². The van der Waals surface area contributed by atoms with E-state index in [1.165, 1.54) is 0 Å². The van der Waals surface area contributed by atoms with Crippen molar-refractivity contribution in [2.45, 2.75) is 25.3 Å². The summed E-state index contributed by atoms with van der Waals surface area (Å²) in [5.74, 6) is -2.36. The van der Waals surface area contributed by atoms with Crippen molar-refractivity contribution in [1.82, 2.24) is 10.6 Å². The Balaban J connectivity index is 2.32. The van der Waals surface area contributed by atoms with Crippen LogP contribution in [0.5, 0.6) is 0 Å². The molecule has 1 heterocycles. The highest BCUT2D eigenvalue weighted by Gasteiger charge is 2.20. The SMILES string of the molecule is O=C(O)CC[C@H](NC(=O)NCCc1ccc(Br)s1)C(=O)O. The Bertz CT molecular complexity index is 520. The molecule has 116 valence electrons. The molecule has 0 fully saturated rings. The molecule has 0 bridgehead atoms. The van der Waals surface area contributed by atoms with Crippen molar-refractivity contribution in [2.24, 2.45) is 0 Å². The highest BCUT2D eigenvalue weighted by atomic mass is 79.9. The van der Waals surface area contributed by atoms with Crippen molar-refractivity contribution in [1.29, 1.82) is 0 Å². The van der Waals surface area contributed by atoms with Gasteiger partial charge in [-0.1, -0.05) is 0 Å². The summed E-state index contributed by atoms with van der Waals surface area (Å²) in [6.45, 7) is 0.365. The predicted octanol–water partition coefficient (Wildman–Crippen LogP) is 1.67. The second kappa shape index (κ2) is 8.63. The number of thiophene rings is 1. The van der Waals surface area contributed by atoms with Crippen LogP contribution in [0.2, 0.25) is 0 Å². The van der Waals surface area contributed by atoms with Gasteiger partial charge >= 0.3 is 18.0 Å². The van der Waals surface area contributed by atoms with Crippen molar-refractivity contribution >= 4 is 45.2 Å². The first-order valence-electron chi connectivity index (χ1n) is 6.11. The number of aliphatic carboxylic acids is 2. The summed E-state index contributed by atoms with van der Waals surface area (Å²) >= 11 is 4.89. The summed E-state index contributed by atoms with van der Waals surface area (Å²) in [6, 6.07) is 2.01. The molecule has 21 heavy (non-hydrogen) atoms. The van der Waals surface area contributed by atoms with E-state index in [2.05, 4.69) is 26.6 Å². The zero-order chi connectivity index (χ0) is 15.8. The number of rotatable bonds is 8. The molecule has 0 saturated heterocycles. The molecular formula is C12H15BrN2O5S. The number of carboxylic acid groups (broad SMARTS) is 2. The number of amides is 2. The quantitative estimate of drug-likeness (QED) is 0.549. The van der Waals surface area contributed by atoms with Crippen molar-refractivity contribution < 1.29 is 24.6 Å². The van der Waals surface area contributed by atoms with Crippen LogP contribution in [-0.4, -0.2) is 40.8 Å². The zero-order valence-electron chi connectivity index (χ0n) is 11.0. The van der Waals surface area contributed by atoms with Gasteiger partial charge in [0.15, 0.2) is 0 Å². The van der Waals surface area contributed by atoms with E-state index in [4.69, 9.17) is 10.2 Å². The number of carboxylic acids is 2. The van der Waals surface area contributed by atoms with E-state index in [1.54, 1.807) is 11.3 Å². The number of urea groups is 1. The van der Waals surface area contributed by atoms with Crippen LogP contribution in [0.3, 0.4) is 0 Å². The standard InChI is InChI=1S/C12H15BrN2O5S/c13-9-3-1-7(21-9)5-6-14-12(20)15-8(11(18)19)2-4-10(16)17/h1,3,8H,2,4-6H2,(H,16,17)(H,18,19)(H2,14,15,20)/t8-/m0/s1. The largest absolute Gasteiger partial charge is 0.481 e. The summed E-state index contributed by atoms with van der Waals surface area (Å²) in [5.41, 5.74) is 0. The highest BCUT2D eigenvalue weighted by Crippen LogP contribution is 2.21. The van der Waals surface area contributed by atoms with Crippen LogP contribution in [0.25, 0.3) is 0 Å². The molecule has 0 radical (unpaired) electrons. The molecule has 0 aliphatic heterocycles. The highest BCUT2D eigenvalue weighted by molar-refractivity contribution is 9.11. The molecule has 0 aliphatic rings. The molecule has 7 nitrogen and oxygen atoms in total. The van der Waals surface area contributed by atoms with E-state index >= 15 is 0 Å². The average Bonchev–Trinajstić information content (AvgIpc) is 2.79. The lowest BCUT2D eigenvalue weighted by Gasteiger charge is -2.14. The third-order valence-corrected chi connectivity index (χ3v) is 4.22. The van der Waals surface area contributed by atoms with Gasteiger partial charge < -0.3 is 20.8 Å². The summed E-state index contributed by atoms with van der Waals surface area (Å²) in [4.78, 5) is 34.0.